The van der Waals surface area contributed by atoms with Gasteiger partial charge >= 0.3 is 0 Å². The standard InChI is InChI=1S/C10H13N3S/c1-3-10(14-8-1)9-11-5-7-13-6-2-4-12-13/h1-4,6,8,11H,5,7,9H2. The Bertz CT molecular complexity index is 303. The topological polar surface area (TPSA) is 29.9 Å². The lowest BCUT2D eigenvalue weighted by atomic mass is 10.4. The molecule has 2 heterocycles. The molecule has 2 aromatic rings. The average molecular weight is 207 g/mol. The van der Waals surface area contributed by atoms with Gasteiger partial charge < -0.3 is 5.32 Å². The van der Waals surface area contributed by atoms with Crippen LogP contribution in [0.4, 0.5) is 0 Å². The van der Waals surface area contributed by atoms with E-state index in [2.05, 4.69) is 27.9 Å². The van der Waals surface area contributed by atoms with E-state index in [9.17, 15) is 0 Å². The van der Waals surface area contributed by atoms with Gasteiger partial charge in [-0.25, -0.2) is 0 Å². The van der Waals surface area contributed by atoms with E-state index in [1.807, 2.05) is 16.9 Å². The van der Waals surface area contributed by atoms with E-state index in [0.717, 1.165) is 19.6 Å². The zero-order valence-corrected chi connectivity index (χ0v) is 8.70. The summed E-state index contributed by atoms with van der Waals surface area (Å²) in [6.45, 7) is 2.84. The SMILES string of the molecule is c1csc(CNCCn2cccn2)c1. The fourth-order valence-electron chi connectivity index (χ4n) is 1.25. The second-order valence-electron chi connectivity index (χ2n) is 3.03. The molecule has 0 spiro atoms. The largest absolute Gasteiger partial charge is 0.310 e. The predicted octanol–water partition coefficient (Wildman–Crippen LogP) is 1.73. The highest BCUT2D eigenvalue weighted by atomic mass is 32.1. The van der Waals surface area contributed by atoms with E-state index in [-0.39, 0.29) is 0 Å². The molecule has 2 rings (SSSR count). The quantitative estimate of drug-likeness (QED) is 0.757. The monoisotopic (exact) mass is 207 g/mol. The van der Waals surface area contributed by atoms with Crippen molar-refractivity contribution in [2.24, 2.45) is 0 Å². The van der Waals surface area contributed by atoms with Gasteiger partial charge in [-0.05, 0) is 17.5 Å². The summed E-state index contributed by atoms with van der Waals surface area (Å²) in [7, 11) is 0. The molecule has 0 saturated heterocycles. The van der Waals surface area contributed by atoms with Crippen LogP contribution in [0.25, 0.3) is 0 Å². The van der Waals surface area contributed by atoms with Crippen LogP contribution in [0.5, 0.6) is 0 Å². The van der Waals surface area contributed by atoms with Crippen LogP contribution < -0.4 is 5.32 Å². The number of nitrogens with one attached hydrogen (secondary N) is 1. The van der Waals surface area contributed by atoms with Crippen molar-refractivity contribution in [1.29, 1.82) is 0 Å². The first-order valence-electron chi connectivity index (χ1n) is 4.66. The lowest BCUT2D eigenvalue weighted by molar-refractivity contribution is 0.557. The van der Waals surface area contributed by atoms with Gasteiger partial charge in [0.1, 0.15) is 0 Å². The summed E-state index contributed by atoms with van der Waals surface area (Å²) in [6, 6.07) is 6.17. The summed E-state index contributed by atoms with van der Waals surface area (Å²) in [5, 5.41) is 9.61. The molecule has 14 heavy (non-hydrogen) atoms. The van der Waals surface area contributed by atoms with Crippen molar-refractivity contribution in [3.05, 3.63) is 40.8 Å². The average Bonchev–Trinajstić information content (AvgIpc) is 2.86. The van der Waals surface area contributed by atoms with Crippen LogP contribution in [-0.2, 0) is 13.1 Å². The molecule has 0 bridgehead atoms. The number of rotatable bonds is 5. The molecule has 0 aliphatic heterocycles. The first-order valence-corrected chi connectivity index (χ1v) is 5.53. The molecule has 74 valence electrons. The maximum absolute atomic E-state index is 4.13. The molecule has 0 aliphatic carbocycles. The minimum absolute atomic E-state index is 0.929. The summed E-state index contributed by atoms with van der Waals surface area (Å²) >= 11 is 1.79. The number of nitrogens with zero attached hydrogens (tertiary/aromatic N) is 2. The van der Waals surface area contributed by atoms with Gasteiger partial charge in [-0.1, -0.05) is 6.07 Å². The lowest BCUT2D eigenvalue weighted by Crippen LogP contribution is -2.19. The molecule has 0 amide bonds. The molecular weight excluding hydrogens is 194 g/mol. The lowest BCUT2D eigenvalue weighted by Gasteiger charge is -2.02. The summed E-state index contributed by atoms with van der Waals surface area (Å²) in [6.07, 6.45) is 3.78. The van der Waals surface area contributed by atoms with Crippen LogP contribution in [0.1, 0.15) is 4.88 Å². The summed E-state index contributed by atoms with van der Waals surface area (Å²) in [4.78, 5) is 1.38. The van der Waals surface area contributed by atoms with Gasteiger partial charge in [-0.3, -0.25) is 4.68 Å². The van der Waals surface area contributed by atoms with Gasteiger partial charge in [-0.15, -0.1) is 11.3 Å². The first kappa shape index (κ1) is 9.43. The maximum Gasteiger partial charge on any atom is 0.0534 e. The smallest absolute Gasteiger partial charge is 0.0534 e. The summed E-state index contributed by atoms with van der Waals surface area (Å²) in [5.74, 6) is 0. The third-order valence-electron chi connectivity index (χ3n) is 1.96. The normalized spacial score (nSPS) is 10.6. The van der Waals surface area contributed by atoms with Gasteiger partial charge in [0.25, 0.3) is 0 Å². The van der Waals surface area contributed by atoms with Crippen molar-refractivity contribution < 1.29 is 0 Å². The van der Waals surface area contributed by atoms with Gasteiger partial charge in [-0.2, -0.15) is 5.10 Å². The van der Waals surface area contributed by atoms with Crippen molar-refractivity contribution in [3.63, 3.8) is 0 Å². The Balaban J connectivity index is 1.65. The van der Waals surface area contributed by atoms with Crippen molar-refractivity contribution >= 4 is 11.3 Å². The van der Waals surface area contributed by atoms with Crippen LogP contribution in [0, 0.1) is 0 Å². The van der Waals surface area contributed by atoms with Crippen LogP contribution >= 0.6 is 11.3 Å². The second-order valence-corrected chi connectivity index (χ2v) is 4.06. The van der Waals surface area contributed by atoms with Gasteiger partial charge in [0.15, 0.2) is 0 Å². The van der Waals surface area contributed by atoms with Gasteiger partial charge in [0.2, 0.25) is 0 Å². The van der Waals surface area contributed by atoms with E-state index in [0.29, 0.717) is 0 Å². The Morgan fingerprint density at radius 3 is 3.14 bits per heavy atom. The molecule has 2 aromatic heterocycles. The number of aromatic nitrogens is 2. The van der Waals surface area contributed by atoms with E-state index in [1.165, 1.54) is 4.88 Å². The molecule has 0 aromatic carbocycles. The van der Waals surface area contributed by atoms with Crippen molar-refractivity contribution in [1.82, 2.24) is 15.1 Å². The molecule has 0 radical (unpaired) electrons. The maximum atomic E-state index is 4.13. The van der Waals surface area contributed by atoms with Crippen LogP contribution in [0.3, 0.4) is 0 Å². The van der Waals surface area contributed by atoms with E-state index >= 15 is 0 Å². The fraction of sp³-hybridized carbons (Fsp3) is 0.300. The third kappa shape index (κ3) is 2.68. The Morgan fingerprint density at radius 1 is 1.43 bits per heavy atom. The molecule has 0 unspecified atom stereocenters. The Morgan fingerprint density at radius 2 is 2.43 bits per heavy atom. The molecule has 0 fully saturated rings. The summed E-state index contributed by atoms with van der Waals surface area (Å²) in [5.41, 5.74) is 0. The van der Waals surface area contributed by atoms with E-state index in [4.69, 9.17) is 0 Å². The molecule has 1 N–H and O–H groups in total. The predicted molar refractivity (Wildman–Crippen MR) is 58.3 cm³/mol. The minimum Gasteiger partial charge on any atom is -0.310 e. The van der Waals surface area contributed by atoms with Crippen LogP contribution in [0.2, 0.25) is 0 Å². The molecule has 0 saturated carbocycles. The number of hydrogen-bond acceptors (Lipinski definition) is 3. The van der Waals surface area contributed by atoms with Gasteiger partial charge in [0, 0.05) is 30.4 Å². The number of hydrogen-bond donors (Lipinski definition) is 1. The zero-order chi connectivity index (χ0) is 9.64. The van der Waals surface area contributed by atoms with Crippen LogP contribution in [0.15, 0.2) is 36.0 Å². The van der Waals surface area contributed by atoms with E-state index < -0.39 is 0 Å². The fourth-order valence-corrected chi connectivity index (χ4v) is 1.93. The van der Waals surface area contributed by atoms with E-state index in [1.54, 1.807) is 17.5 Å². The highest BCUT2D eigenvalue weighted by molar-refractivity contribution is 7.09. The molecule has 3 nitrogen and oxygen atoms in total. The second kappa shape index (κ2) is 4.93. The van der Waals surface area contributed by atoms with Crippen molar-refractivity contribution in [3.8, 4) is 0 Å². The number of thiophene rings is 1. The molecule has 0 atom stereocenters. The van der Waals surface area contributed by atoms with Crippen molar-refractivity contribution in [2.45, 2.75) is 13.1 Å². The third-order valence-corrected chi connectivity index (χ3v) is 2.83. The summed E-state index contributed by atoms with van der Waals surface area (Å²) < 4.78 is 1.93. The van der Waals surface area contributed by atoms with Gasteiger partial charge in [0.05, 0.1) is 6.54 Å². The Hall–Kier alpha value is -1.13. The molecule has 0 aliphatic rings. The highest BCUT2D eigenvalue weighted by Gasteiger charge is 1.93. The Kier molecular flexibility index (Phi) is 3.32. The van der Waals surface area contributed by atoms with Crippen LogP contribution in [-0.4, -0.2) is 16.3 Å². The zero-order valence-electron chi connectivity index (χ0n) is 7.89. The highest BCUT2D eigenvalue weighted by Crippen LogP contribution is 2.06. The minimum atomic E-state index is 0.929. The molecular formula is C10H13N3S. The molecule has 4 heteroatoms. The van der Waals surface area contributed by atoms with Crippen molar-refractivity contribution in [2.75, 3.05) is 6.54 Å². The Labute approximate surface area is 87.4 Å². The first-order chi connectivity index (χ1) is 6.95.